The van der Waals surface area contributed by atoms with Crippen molar-refractivity contribution in [1.82, 2.24) is 10.9 Å². The monoisotopic (exact) mass is 224 g/mol. The van der Waals surface area contributed by atoms with Crippen LogP contribution in [-0.2, 0) is 0 Å². The highest BCUT2D eigenvalue weighted by atomic mass is 32.1. The molecule has 0 fully saturated rings. The fraction of sp³-hybridized carbons (Fsp3) is 0.111. The molecule has 0 aliphatic rings. The molecule has 80 valence electrons. The Bertz CT molecular complexity index is 363. The van der Waals surface area contributed by atoms with Gasteiger partial charge in [-0.05, 0) is 31.3 Å². The summed E-state index contributed by atoms with van der Waals surface area (Å²) in [6, 6.07) is 6.98. The van der Waals surface area contributed by atoms with Crippen LogP contribution in [0.4, 0.5) is 10.5 Å². The molecule has 0 atom stereocenters. The third kappa shape index (κ3) is 4.28. The van der Waals surface area contributed by atoms with E-state index < -0.39 is 6.03 Å². The molecule has 15 heavy (non-hydrogen) atoms. The van der Waals surface area contributed by atoms with E-state index in [0.29, 0.717) is 0 Å². The summed E-state index contributed by atoms with van der Waals surface area (Å²) in [5, 5.41) is 3.15. The Morgan fingerprint density at radius 1 is 1.27 bits per heavy atom. The van der Waals surface area contributed by atoms with Crippen LogP contribution >= 0.6 is 12.2 Å². The van der Waals surface area contributed by atoms with Crippen molar-refractivity contribution < 1.29 is 4.79 Å². The lowest BCUT2D eigenvalue weighted by molar-refractivity contribution is 0.247. The van der Waals surface area contributed by atoms with Crippen LogP contribution in [0.5, 0.6) is 0 Å². The molecule has 5 nitrogen and oxygen atoms in total. The van der Waals surface area contributed by atoms with Crippen molar-refractivity contribution in [3.63, 3.8) is 0 Å². The van der Waals surface area contributed by atoms with Crippen molar-refractivity contribution in [2.75, 3.05) is 5.32 Å². The lowest BCUT2D eigenvalue weighted by Crippen LogP contribution is -2.46. The quantitative estimate of drug-likeness (QED) is 0.421. The van der Waals surface area contributed by atoms with Gasteiger partial charge < -0.3 is 11.1 Å². The van der Waals surface area contributed by atoms with E-state index >= 15 is 0 Å². The highest BCUT2D eigenvalue weighted by Gasteiger charge is 1.97. The molecule has 0 radical (unpaired) electrons. The number of thiocarbonyl (C=S) groups is 1. The topological polar surface area (TPSA) is 79.2 Å². The summed E-state index contributed by atoms with van der Waals surface area (Å²) in [4.78, 5) is 10.4. The number of rotatable bonds is 1. The van der Waals surface area contributed by atoms with Crippen LogP contribution in [0.1, 0.15) is 5.56 Å². The standard InChI is InChI=1S/C9H12N4OS/c1-6-2-4-7(5-3-6)11-9(15)13-12-8(10)14/h2-5H,1H3,(H3,10,12,14)(H2,11,13,15). The second kappa shape index (κ2) is 5.16. The molecule has 0 unspecified atom stereocenters. The molecule has 0 heterocycles. The largest absolute Gasteiger partial charge is 0.350 e. The lowest BCUT2D eigenvalue weighted by atomic mass is 10.2. The number of nitrogens with two attached hydrogens (primary N) is 1. The molecule has 0 bridgehead atoms. The Balaban J connectivity index is 2.44. The third-order valence-electron chi connectivity index (χ3n) is 1.61. The minimum Gasteiger partial charge on any atom is -0.350 e. The van der Waals surface area contributed by atoms with Gasteiger partial charge in [-0.2, -0.15) is 0 Å². The molecule has 1 rings (SSSR count). The van der Waals surface area contributed by atoms with Crippen LogP contribution in [0.15, 0.2) is 24.3 Å². The van der Waals surface area contributed by atoms with Gasteiger partial charge in [0.25, 0.3) is 0 Å². The first kappa shape index (κ1) is 11.3. The molecule has 0 saturated carbocycles. The van der Waals surface area contributed by atoms with E-state index in [1.54, 1.807) is 0 Å². The molecule has 6 heteroatoms. The number of hydrogen-bond donors (Lipinski definition) is 4. The molecular formula is C9H12N4OS. The first-order valence-electron chi connectivity index (χ1n) is 4.27. The number of benzene rings is 1. The Kier molecular flexibility index (Phi) is 3.87. The molecule has 2 amide bonds. The molecule has 0 aliphatic carbocycles. The Hall–Kier alpha value is -1.82. The van der Waals surface area contributed by atoms with Crippen molar-refractivity contribution in [2.24, 2.45) is 5.73 Å². The zero-order valence-corrected chi connectivity index (χ0v) is 9.02. The smallest absolute Gasteiger partial charge is 0.330 e. The van der Waals surface area contributed by atoms with E-state index in [0.717, 1.165) is 11.3 Å². The van der Waals surface area contributed by atoms with Crippen molar-refractivity contribution in [3.05, 3.63) is 29.8 Å². The van der Waals surface area contributed by atoms with E-state index in [9.17, 15) is 4.79 Å². The molecule has 0 aromatic heterocycles. The van der Waals surface area contributed by atoms with Gasteiger partial charge in [0.15, 0.2) is 5.11 Å². The minimum atomic E-state index is -0.692. The maximum atomic E-state index is 10.4. The molecule has 0 spiro atoms. The van der Waals surface area contributed by atoms with Gasteiger partial charge in [-0.3, -0.25) is 5.43 Å². The van der Waals surface area contributed by atoms with E-state index in [-0.39, 0.29) is 5.11 Å². The first-order chi connectivity index (χ1) is 7.08. The van der Waals surface area contributed by atoms with Crippen LogP contribution < -0.4 is 21.9 Å². The third-order valence-corrected chi connectivity index (χ3v) is 1.81. The number of hydrogen-bond acceptors (Lipinski definition) is 2. The number of amides is 2. The maximum absolute atomic E-state index is 10.4. The number of carbonyl (C=O) groups excluding carboxylic acids is 1. The molecule has 1 aromatic carbocycles. The number of anilines is 1. The van der Waals surface area contributed by atoms with Gasteiger partial charge in [-0.15, -0.1) is 0 Å². The van der Waals surface area contributed by atoms with Crippen LogP contribution in [0, 0.1) is 6.92 Å². The summed E-state index contributed by atoms with van der Waals surface area (Å²) in [7, 11) is 0. The van der Waals surface area contributed by atoms with E-state index in [1.165, 1.54) is 0 Å². The second-order valence-electron chi connectivity index (χ2n) is 2.93. The van der Waals surface area contributed by atoms with Crippen LogP contribution in [0.25, 0.3) is 0 Å². The maximum Gasteiger partial charge on any atom is 0.330 e. The van der Waals surface area contributed by atoms with Crippen LogP contribution in [0.3, 0.4) is 0 Å². The summed E-state index contributed by atoms with van der Waals surface area (Å²) >= 11 is 4.89. The van der Waals surface area contributed by atoms with Gasteiger partial charge in [0.1, 0.15) is 0 Å². The molecule has 0 aliphatic heterocycles. The Morgan fingerprint density at radius 3 is 2.40 bits per heavy atom. The second-order valence-corrected chi connectivity index (χ2v) is 3.34. The normalized spacial score (nSPS) is 9.13. The zero-order chi connectivity index (χ0) is 11.3. The Labute approximate surface area is 93.0 Å². The summed E-state index contributed by atoms with van der Waals surface area (Å²) in [5.74, 6) is 0. The average Bonchev–Trinajstić information content (AvgIpc) is 2.19. The summed E-state index contributed by atoms with van der Waals surface area (Å²) in [6.45, 7) is 2.00. The molecule has 1 aromatic rings. The van der Waals surface area contributed by atoms with Gasteiger partial charge in [0, 0.05) is 5.69 Å². The molecule has 5 N–H and O–H groups in total. The van der Waals surface area contributed by atoms with Gasteiger partial charge in [-0.1, -0.05) is 17.7 Å². The van der Waals surface area contributed by atoms with Crippen molar-refractivity contribution in [1.29, 1.82) is 0 Å². The highest BCUT2D eigenvalue weighted by molar-refractivity contribution is 7.80. The van der Waals surface area contributed by atoms with Crippen LogP contribution in [-0.4, -0.2) is 11.1 Å². The molecule has 0 saturated heterocycles. The number of carbonyl (C=O) groups is 1. The number of hydrazine groups is 1. The van der Waals surface area contributed by atoms with Gasteiger partial charge >= 0.3 is 6.03 Å². The van der Waals surface area contributed by atoms with Gasteiger partial charge in [0.2, 0.25) is 0 Å². The first-order valence-corrected chi connectivity index (χ1v) is 4.68. The fourth-order valence-corrected chi connectivity index (χ4v) is 1.09. The van der Waals surface area contributed by atoms with Crippen molar-refractivity contribution >= 4 is 29.0 Å². The number of primary amides is 1. The number of urea groups is 1. The predicted molar refractivity (Wildman–Crippen MR) is 63.3 cm³/mol. The molecular weight excluding hydrogens is 212 g/mol. The average molecular weight is 224 g/mol. The lowest BCUT2D eigenvalue weighted by Gasteiger charge is -2.09. The van der Waals surface area contributed by atoms with E-state index in [4.69, 9.17) is 18.0 Å². The van der Waals surface area contributed by atoms with Gasteiger partial charge in [0.05, 0.1) is 0 Å². The Morgan fingerprint density at radius 2 is 1.87 bits per heavy atom. The highest BCUT2D eigenvalue weighted by Crippen LogP contribution is 2.07. The number of nitrogens with one attached hydrogen (secondary N) is 3. The van der Waals surface area contributed by atoms with Crippen LogP contribution in [0.2, 0.25) is 0 Å². The summed E-state index contributed by atoms with van der Waals surface area (Å²) < 4.78 is 0. The fourth-order valence-electron chi connectivity index (χ4n) is 0.918. The van der Waals surface area contributed by atoms with Crippen molar-refractivity contribution in [3.8, 4) is 0 Å². The minimum absolute atomic E-state index is 0.276. The van der Waals surface area contributed by atoms with Crippen molar-refractivity contribution in [2.45, 2.75) is 6.92 Å². The van der Waals surface area contributed by atoms with E-state index in [1.807, 2.05) is 31.2 Å². The van der Waals surface area contributed by atoms with E-state index in [2.05, 4.69) is 16.2 Å². The zero-order valence-electron chi connectivity index (χ0n) is 8.20. The number of aryl methyl sites for hydroxylation is 1. The summed E-state index contributed by atoms with van der Waals surface area (Å²) in [6.07, 6.45) is 0. The summed E-state index contributed by atoms with van der Waals surface area (Å²) in [5.41, 5.74) is 11.5. The predicted octanol–water partition coefficient (Wildman–Crippen LogP) is 0.865. The SMILES string of the molecule is Cc1ccc(NC(=S)NNC(N)=O)cc1. The van der Waals surface area contributed by atoms with Gasteiger partial charge in [-0.25, -0.2) is 10.2 Å².